The SMILES string of the molecule is [B]c1ccc(C2(C)CC(c3ncn[nH]3)C2)cc1. The topological polar surface area (TPSA) is 41.6 Å². The van der Waals surface area contributed by atoms with Gasteiger partial charge in [-0.1, -0.05) is 36.7 Å². The van der Waals surface area contributed by atoms with Crippen molar-refractivity contribution in [3.8, 4) is 0 Å². The van der Waals surface area contributed by atoms with Crippen molar-refractivity contribution in [2.24, 2.45) is 0 Å². The maximum atomic E-state index is 5.71. The lowest BCUT2D eigenvalue weighted by Crippen LogP contribution is -2.37. The van der Waals surface area contributed by atoms with Crippen LogP contribution in [0.4, 0.5) is 0 Å². The van der Waals surface area contributed by atoms with Gasteiger partial charge in [0.15, 0.2) is 0 Å². The van der Waals surface area contributed by atoms with Crippen molar-refractivity contribution in [3.05, 3.63) is 42.0 Å². The molecule has 1 aliphatic carbocycles. The summed E-state index contributed by atoms with van der Waals surface area (Å²) in [5.41, 5.74) is 2.44. The Morgan fingerprint density at radius 3 is 2.59 bits per heavy atom. The highest BCUT2D eigenvalue weighted by Crippen LogP contribution is 2.51. The lowest BCUT2D eigenvalue weighted by atomic mass is 9.59. The van der Waals surface area contributed by atoms with Crippen LogP contribution in [0.2, 0.25) is 0 Å². The van der Waals surface area contributed by atoms with E-state index in [-0.39, 0.29) is 5.41 Å². The van der Waals surface area contributed by atoms with E-state index in [9.17, 15) is 0 Å². The predicted octanol–water partition coefficient (Wildman–Crippen LogP) is 1.43. The molecule has 1 heterocycles. The molecule has 0 atom stereocenters. The van der Waals surface area contributed by atoms with Gasteiger partial charge >= 0.3 is 0 Å². The number of aromatic amines is 1. The highest BCUT2D eigenvalue weighted by molar-refractivity contribution is 6.32. The summed E-state index contributed by atoms with van der Waals surface area (Å²) < 4.78 is 0. The lowest BCUT2D eigenvalue weighted by Gasteiger charge is -2.44. The maximum Gasteiger partial charge on any atom is 0.137 e. The Hall–Kier alpha value is -1.58. The van der Waals surface area contributed by atoms with Crippen molar-refractivity contribution in [2.75, 3.05) is 0 Å². The Morgan fingerprint density at radius 2 is 2.00 bits per heavy atom. The number of hydrogen-bond acceptors (Lipinski definition) is 2. The molecule has 0 spiro atoms. The Kier molecular flexibility index (Phi) is 2.32. The standard InChI is InChI=1S/C13H14BN3/c1-13(10-2-4-11(14)5-3-10)6-9(7-13)12-15-8-16-17-12/h2-5,8-9H,6-7H2,1H3,(H,15,16,17). The molecule has 1 aliphatic rings. The fourth-order valence-corrected chi connectivity index (χ4v) is 2.75. The van der Waals surface area contributed by atoms with Gasteiger partial charge in [0.25, 0.3) is 0 Å². The summed E-state index contributed by atoms with van der Waals surface area (Å²) in [7, 11) is 5.71. The second-order valence-electron chi connectivity index (χ2n) is 5.16. The molecule has 3 rings (SSSR count). The molecule has 1 fully saturated rings. The van der Waals surface area contributed by atoms with E-state index in [1.54, 1.807) is 6.33 Å². The number of nitrogens with zero attached hydrogens (tertiary/aromatic N) is 2. The van der Waals surface area contributed by atoms with Crippen LogP contribution < -0.4 is 5.46 Å². The number of benzene rings is 1. The molecule has 0 amide bonds. The van der Waals surface area contributed by atoms with Crippen LogP contribution in [0.3, 0.4) is 0 Å². The van der Waals surface area contributed by atoms with Gasteiger partial charge in [-0.25, -0.2) is 4.98 Å². The number of rotatable bonds is 2. The van der Waals surface area contributed by atoms with E-state index >= 15 is 0 Å². The van der Waals surface area contributed by atoms with E-state index in [0.29, 0.717) is 5.92 Å². The second kappa shape index (κ2) is 3.72. The summed E-state index contributed by atoms with van der Waals surface area (Å²) in [6, 6.07) is 8.21. The van der Waals surface area contributed by atoms with E-state index in [2.05, 4.69) is 34.2 Å². The van der Waals surface area contributed by atoms with Crippen molar-refractivity contribution < 1.29 is 0 Å². The molecule has 1 aromatic heterocycles. The molecule has 0 unspecified atom stereocenters. The average molecular weight is 223 g/mol. The largest absolute Gasteiger partial charge is 0.263 e. The molecular formula is C13H14BN3. The van der Waals surface area contributed by atoms with E-state index < -0.39 is 0 Å². The van der Waals surface area contributed by atoms with Crippen LogP contribution in [0.5, 0.6) is 0 Å². The van der Waals surface area contributed by atoms with Gasteiger partial charge in [-0.05, 0) is 23.8 Å². The zero-order chi connectivity index (χ0) is 11.9. The van der Waals surface area contributed by atoms with Gasteiger partial charge in [0.05, 0.1) is 0 Å². The van der Waals surface area contributed by atoms with Crippen molar-refractivity contribution in [1.29, 1.82) is 0 Å². The minimum Gasteiger partial charge on any atom is -0.263 e. The molecule has 17 heavy (non-hydrogen) atoms. The molecule has 3 nitrogen and oxygen atoms in total. The first kappa shape index (κ1) is 10.6. The van der Waals surface area contributed by atoms with Gasteiger partial charge in [-0.15, -0.1) is 0 Å². The average Bonchev–Trinajstić information content (AvgIpc) is 2.79. The highest BCUT2D eigenvalue weighted by Gasteiger charge is 2.43. The van der Waals surface area contributed by atoms with E-state index in [1.807, 2.05) is 12.1 Å². The van der Waals surface area contributed by atoms with Crippen molar-refractivity contribution in [3.63, 3.8) is 0 Å². The third-order valence-electron chi connectivity index (χ3n) is 3.82. The van der Waals surface area contributed by atoms with Gasteiger partial charge in [0.1, 0.15) is 20.0 Å². The Labute approximate surface area is 102 Å². The number of nitrogens with one attached hydrogen (secondary N) is 1. The summed E-state index contributed by atoms with van der Waals surface area (Å²) in [5, 5.41) is 6.86. The molecule has 1 N–H and O–H groups in total. The van der Waals surface area contributed by atoms with Crippen LogP contribution >= 0.6 is 0 Å². The first-order valence-corrected chi connectivity index (χ1v) is 5.89. The number of H-pyrrole nitrogens is 1. The molecule has 2 aromatic rings. The van der Waals surface area contributed by atoms with Crippen molar-refractivity contribution in [2.45, 2.75) is 31.1 Å². The van der Waals surface area contributed by atoms with Crippen LogP contribution in [0, 0.1) is 0 Å². The number of aromatic nitrogens is 3. The Bertz CT molecular complexity index is 498. The van der Waals surface area contributed by atoms with Crippen molar-refractivity contribution in [1.82, 2.24) is 15.2 Å². The summed E-state index contributed by atoms with van der Waals surface area (Å²) >= 11 is 0. The first-order valence-electron chi connectivity index (χ1n) is 5.89. The first-order chi connectivity index (χ1) is 8.17. The molecule has 0 saturated heterocycles. The van der Waals surface area contributed by atoms with Crippen LogP contribution in [0.15, 0.2) is 30.6 Å². The Balaban J connectivity index is 1.76. The van der Waals surface area contributed by atoms with Gasteiger partial charge in [0.2, 0.25) is 0 Å². The van der Waals surface area contributed by atoms with Crippen LogP contribution in [0.25, 0.3) is 0 Å². The molecule has 4 heteroatoms. The lowest BCUT2D eigenvalue weighted by molar-refractivity contribution is 0.217. The normalized spacial score (nSPS) is 27.7. The molecule has 84 valence electrons. The third kappa shape index (κ3) is 1.77. The monoisotopic (exact) mass is 223 g/mol. The van der Waals surface area contributed by atoms with E-state index in [1.165, 1.54) is 5.56 Å². The van der Waals surface area contributed by atoms with E-state index in [0.717, 1.165) is 24.1 Å². The molecular weight excluding hydrogens is 209 g/mol. The smallest absolute Gasteiger partial charge is 0.137 e. The summed E-state index contributed by atoms with van der Waals surface area (Å²) in [6.07, 6.45) is 3.81. The molecule has 2 radical (unpaired) electrons. The van der Waals surface area contributed by atoms with Crippen LogP contribution in [-0.4, -0.2) is 23.0 Å². The maximum absolute atomic E-state index is 5.71. The molecule has 0 bridgehead atoms. The third-order valence-corrected chi connectivity index (χ3v) is 3.82. The summed E-state index contributed by atoms with van der Waals surface area (Å²) in [6.45, 7) is 2.30. The number of hydrogen-bond donors (Lipinski definition) is 1. The second-order valence-corrected chi connectivity index (χ2v) is 5.16. The zero-order valence-electron chi connectivity index (χ0n) is 9.85. The minimum absolute atomic E-state index is 0.255. The fourth-order valence-electron chi connectivity index (χ4n) is 2.75. The van der Waals surface area contributed by atoms with E-state index in [4.69, 9.17) is 7.85 Å². The van der Waals surface area contributed by atoms with Gasteiger partial charge in [0, 0.05) is 5.92 Å². The molecule has 1 aromatic carbocycles. The quantitative estimate of drug-likeness (QED) is 0.782. The van der Waals surface area contributed by atoms with Gasteiger partial charge in [-0.3, -0.25) is 5.10 Å². The highest BCUT2D eigenvalue weighted by atomic mass is 15.2. The minimum atomic E-state index is 0.255. The van der Waals surface area contributed by atoms with Crippen LogP contribution in [-0.2, 0) is 5.41 Å². The predicted molar refractivity (Wildman–Crippen MR) is 67.5 cm³/mol. The van der Waals surface area contributed by atoms with Gasteiger partial charge in [-0.2, -0.15) is 5.10 Å². The zero-order valence-corrected chi connectivity index (χ0v) is 9.85. The molecule has 0 aliphatic heterocycles. The summed E-state index contributed by atoms with van der Waals surface area (Å²) in [4.78, 5) is 4.22. The fraction of sp³-hybridized carbons (Fsp3) is 0.385. The Morgan fingerprint density at radius 1 is 1.29 bits per heavy atom. The van der Waals surface area contributed by atoms with Crippen LogP contribution in [0.1, 0.15) is 37.1 Å². The summed E-state index contributed by atoms with van der Waals surface area (Å²) in [5.74, 6) is 1.53. The van der Waals surface area contributed by atoms with Crippen molar-refractivity contribution >= 4 is 13.3 Å². The van der Waals surface area contributed by atoms with Gasteiger partial charge < -0.3 is 0 Å². The molecule has 1 saturated carbocycles.